The fraction of sp³-hybridized carbons (Fsp3) is 0.267. The zero-order valence-corrected chi connectivity index (χ0v) is 15.7. The lowest BCUT2D eigenvalue weighted by atomic mass is 10.2. The Hall–Kier alpha value is -2.04. The maximum atomic E-state index is 11.8. The van der Waals surface area contributed by atoms with Crippen LogP contribution in [0.1, 0.15) is 0 Å². The van der Waals surface area contributed by atoms with Crippen molar-refractivity contribution in [2.45, 2.75) is 5.22 Å². The lowest BCUT2D eigenvalue weighted by Crippen LogP contribution is -2.38. The summed E-state index contributed by atoms with van der Waals surface area (Å²) in [6.07, 6.45) is 0. The molecule has 2 heterocycles. The zero-order valence-electron chi connectivity index (χ0n) is 13.3. The molecule has 8 nitrogen and oxygen atoms in total. The molecule has 1 aliphatic heterocycles. The van der Waals surface area contributed by atoms with Crippen molar-refractivity contribution in [3.05, 3.63) is 29.3 Å². The zero-order chi connectivity index (χ0) is 18.5. The van der Waals surface area contributed by atoms with Crippen LogP contribution in [0.25, 0.3) is 11.5 Å². The molecule has 3 rings (SSSR count). The fourth-order valence-corrected chi connectivity index (χ4v) is 3.53. The molecule has 26 heavy (non-hydrogen) atoms. The normalized spacial score (nSPS) is 14.1. The van der Waals surface area contributed by atoms with Gasteiger partial charge in [-0.05, 0) is 24.3 Å². The Bertz CT molecular complexity index is 811. The highest BCUT2D eigenvalue weighted by atomic mass is 35.5. The number of benzene rings is 1. The number of carbonyl (C=O) groups excluding carboxylic acids is 3. The third-order valence-corrected chi connectivity index (χ3v) is 5.25. The molecule has 1 N–H and O–H groups in total. The maximum absolute atomic E-state index is 11.8. The van der Waals surface area contributed by atoms with Crippen molar-refractivity contribution in [2.24, 2.45) is 0 Å². The van der Waals surface area contributed by atoms with Crippen molar-refractivity contribution in [1.82, 2.24) is 20.4 Å². The minimum Gasteiger partial charge on any atom is -0.411 e. The van der Waals surface area contributed by atoms with Gasteiger partial charge in [-0.15, -0.1) is 10.2 Å². The summed E-state index contributed by atoms with van der Waals surface area (Å²) in [5, 5.41) is 11.1. The van der Waals surface area contributed by atoms with Crippen LogP contribution in [0.3, 0.4) is 0 Å². The molecule has 0 saturated carbocycles. The van der Waals surface area contributed by atoms with Crippen LogP contribution in [0.5, 0.6) is 0 Å². The van der Waals surface area contributed by atoms with Crippen molar-refractivity contribution in [1.29, 1.82) is 0 Å². The van der Waals surface area contributed by atoms with Crippen LogP contribution in [0, 0.1) is 0 Å². The standard InChI is InChI=1S/C15H13ClN4O4S2/c16-10-3-1-9(2-4-10)13-18-19-14(24-13)25-7-11(21)17-5-6-20-12(22)8-26-15(20)23/h1-4H,5-8H2,(H,17,21). The number of hydrogen-bond acceptors (Lipinski definition) is 8. The van der Waals surface area contributed by atoms with E-state index in [-0.39, 0.29) is 46.9 Å². The maximum Gasteiger partial charge on any atom is 0.288 e. The van der Waals surface area contributed by atoms with Gasteiger partial charge in [0.25, 0.3) is 10.5 Å². The average Bonchev–Trinajstić information content (AvgIpc) is 3.22. The fourth-order valence-electron chi connectivity index (χ4n) is 2.06. The molecule has 0 unspecified atom stereocenters. The number of aromatic nitrogens is 2. The van der Waals surface area contributed by atoms with Gasteiger partial charge in [0.15, 0.2) is 0 Å². The summed E-state index contributed by atoms with van der Waals surface area (Å²) in [7, 11) is 0. The largest absolute Gasteiger partial charge is 0.411 e. The Kier molecular flexibility index (Phi) is 6.17. The molecule has 1 aromatic carbocycles. The number of imide groups is 1. The van der Waals surface area contributed by atoms with E-state index in [1.165, 1.54) is 0 Å². The topological polar surface area (TPSA) is 105 Å². The smallest absolute Gasteiger partial charge is 0.288 e. The van der Waals surface area contributed by atoms with Gasteiger partial charge >= 0.3 is 0 Å². The molecule has 0 atom stereocenters. The molecule has 1 fully saturated rings. The number of nitrogens with one attached hydrogen (secondary N) is 1. The van der Waals surface area contributed by atoms with E-state index in [1.54, 1.807) is 24.3 Å². The van der Waals surface area contributed by atoms with E-state index in [1.807, 2.05) is 0 Å². The van der Waals surface area contributed by atoms with Gasteiger partial charge < -0.3 is 9.73 Å². The molecule has 11 heteroatoms. The number of amides is 3. The first-order chi connectivity index (χ1) is 12.5. The van der Waals surface area contributed by atoms with E-state index in [2.05, 4.69) is 15.5 Å². The summed E-state index contributed by atoms with van der Waals surface area (Å²) in [6.45, 7) is 0.375. The number of rotatable bonds is 7. The van der Waals surface area contributed by atoms with E-state index in [9.17, 15) is 14.4 Å². The summed E-state index contributed by atoms with van der Waals surface area (Å²) in [4.78, 5) is 35.8. The Morgan fingerprint density at radius 3 is 2.77 bits per heavy atom. The van der Waals surface area contributed by atoms with Gasteiger partial charge in [-0.25, -0.2) is 0 Å². The molecule has 2 aromatic rings. The van der Waals surface area contributed by atoms with Crippen molar-refractivity contribution in [3.63, 3.8) is 0 Å². The summed E-state index contributed by atoms with van der Waals surface area (Å²) in [5.74, 6) is 0.0968. The quantitative estimate of drug-likeness (QED) is 0.690. The number of thioether (sulfide) groups is 2. The van der Waals surface area contributed by atoms with Crippen LogP contribution in [0.15, 0.2) is 33.9 Å². The van der Waals surface area contributed by atoms with Crippen molar-refractivity contribution in [3.8, 4) is 11.5 Å². The number of hydrogen-bond donors (Lipinski definition) is 1. The second-order valence-electron chi connectivity index (χ2n) is 5.12. The first kappa shape index (κ1) is 18.7. The van der Waals surface area contributed by atoms with Crippen LogP contribution in [-0.4, -0.2) is 56.7 Å². The second kappa shape index (κ2) is 8.56. The van der Waals surface area contributed by atoms with Gasteiger partial charge in [-0.2, -0.15) is 0 Å². The molecule has 3 amide bonds. The highest BCUT2D eigenvalue weighted by Crippen LogP contribution is 2.24. The monoisotopic (exact) mass is 412 g/mol. The average molecular weight is 413 g/mol. The van der Waals surface area contributed by atoms with Crippen LogP contribution in [-0.2, 0) is 9.59 Å². The molecule has 0 bridgehead atoms. The third-order valence-electron chi connectivity index (χ3n) is 3.32. The lowest BCUT2D eigenvalue weighted by Gasteiger charge is -2.12. The summed E-state index contributed by atoms with van der Waals surface area (Å²) in [5.41, 5.74) is 0.732. The Labute approximate surface area is 162 Å². The molecule has 1 aromatic heterocycles. The molecular weight excluding hydrogens is 400 g/mol. The van der Waals surface area contributed by atoms with Crippen LogP contribution < -0.4 is 5.32 Å². The van der Waals surface area contributed by atoms with Crippen LogP contribution >= 0.6 is 35.1 Å². The third kappa shape index (κ3) is 4.77. The summed E-state index contributed by atoms with van der Waals surface area (Å²) < 4.78 is 5.49. The summed E-state index contributed by atoms with van der Waals surface area (Å²) >= 11 is 7.90. The van der Waals surface area contributed by atoms with Gasteiger partial charge in [0.05, 0.1) is 11.5 Å². The lowest BCUT2D eigenvalue weighted by molar-refractivity contribution is -0.125. The molecular formula is C15H13ClN4O4S2. The number of carbonyl (C=O) groups is 3. The van der Waals surface area contributed by atoms with Gasteiger partial charge in [0.2, 0.25) is 17.7 Å². The highest BCUT2D eigenvalue weighted by molar-refractivity contribution is 8.14. The number of nitrogens with zero attached hydrogens (tertiary/aromatic N) is 3. The molecule has 0 spiro atoms. The summed E-state index contributed by atoms with van der Waals surface area (Å²) in [6, 6.07) is 6.96. The number of halogens is 1. The SMILES string of the molecule is O=C(CSc1nnc(-c2ccc(Cl)cc2)o1)NCCN1C(=O)CSC1=O. The van der Waals surface area contributed by atoms with Gasteiger partial charge in [-0.3, -0.25) is 19.3 Å². The van der Waals surface area contributed by atoms with Gasteiger partial charge in [0, 0.05) is 23.7 Å². The molecule has 1 aliphatic rings. The molecule has 136 valence electrons. The molecule has 1 saturated heterocycles. The molecule has 0 radical (unpaired) electrons. The van der Waals surface area contributed by atoms with Gasteiger partial charge in [-0.1, -0.05) is 35.1 Å². The van der Waals surface area contributed by atoms with Crippen molar-refractivity contribution >= 4 is 52.2 Å². The highest BCUT2D eigenvalue weighted by Gasteiger charge is 2.29. The van der Waals surface area contributed by atoms with Crippen LogP contribution in [0.4, 0.5) is 4.79 Å². The van der Waals surface area contributed by atoms with E-state index in [0.29, 0.717) is 10.9 Å². The van der Waals surface area contributed by atoms with E-state index in [4.69, 9.17) is 16.0 Å². The van der Waals surface area contributed by atoms with E-state index in [0.717, 1.165) is 34.0 Å². The van der Waals surface area contributed by atoms with Crippen molar-refractivity contribution in [2.75, 3.05) is 24.6 Å². The molecule has 0 aliphatic carbocycles. The minimum absolute atomic E-state index is 0.0822. The second-order valence-corrected chi connectivity index (χ2v) is 7.41. The van der Waals surface area contributed by atoms with Crippen molar-refractivity contribution < 1.29 is 18.8 Å². The predicted octanol–water partition coefficient (Wildman–Crippen LogP) is 2.29. The van der Waals surface area contributed by atoms with E-state index >= 15 is 0 Å². The Morgan fingerprint density at radius 2 is 2.08 bits per heavy atom. The predicted molar refractivity (Wildman–Crippen MR) is 98.0 cm³/mol. The first-order valence-electron chi connectivity index (χ1n) is 7.49. The Balaban J connectivity index is 1.42. The first-order valence-corrected chi connectivity index (χ1v) is 9.84. The Morgan fingerprint density at radius 1 is 1.31 bits per heavy atom. The van der Waals surface area contributed by atoms with Crippen LogP contribution in [0.2, 0.25) is 5.02 Å². The van der Waals surface area contributed by atoms with Gasteiger partial charge in [0.1, 0.15) is 0 Å². The minimum atomic E-state index is -0.279. The van der Waals surface area contributed by atoms with E-state index < -0.39 is 0 Å².